The van der Waals surface area contributed by atoms with Crippen molar-refractivity contribution in [1.29, 1.82) is 0 Å². The maximum atomic E-state index is 6.36. The van der Waals surface area contributed by atoms with E-state index in [1.807, 2.05) is 6.07 Å². The Labute approximate surface area is 352 Å². The maximum absolute atomic E-state index is 6.36. The highest BCUT2D eigenvalue weighted by atomic mass is 16.3. The summed E-state index contributed by atoms with van der Waals surface area (Å²) in [5.74, 6) is 0. The van der Waals surface area contributed by atoms with E-state index in [0.717, 1.165) is 27.5 Å². The Balaban J connectivity index is 1.16. The van der Waals surface area contributed by atoms with Crippen LogP contribution >= 0.6 is 0 Å². The van der Waals surface area contributed by atoms with Gasteiger partial charge >= 0.3 is 0 Å². The van der Waals surface area contributed by atoms with Crippen LogP contribution in [-0.2, 0) is 0 Å². The molecule has 0 spiro atoms. The summed E-state index contributed by atoms with van der Waals surface area (Å²) in [6, 6.07) is 80.4. The molecule has 1 aromatic heterocycles. The van der Waals surface area contributed by atoms with Gasteiger partial charge in [0.05, 0.1) is 0 Å². The van der Waals surface area contributed by atoms with E-state index < -0.39 is 0 Å². The van der Waals surface area contributed by atoms with Gasteiger partial charge in [-0.3, -0.25) is 0 Å². The molecule has 282 valence electrons. The van der Waals surface area contributed by atoms with Gasteiger partial charge in [0.15, 0.2) is 0 Å². The number of fused-ring (bicyclic) bond motifs is 5. The van der Waals surface area contributed by atoms with Crippen LogP contribution in [0.4, 0.5) is 0 Å². The van der Waals surface area contributed by atoms with Gasteiger partial charge in [-0.1, -0.05) is 194 Å². The quantitative estimate of drug-likeness (QED) is 0.125. The summed E-state index contributed by atoms with van der Waals surface area (Å²) in [6.45, 7) is 0. The minimum absolute atomic E-state index is 0.896. The highest BCUT2D eigenvalue weighted by Gasteiger charge is 2.24. The lowest BCUT2D eigenvalue weighted by molar-refractivity contribution is 0.669. The van der Waals surface area contributed by atoms with Crippen LogP contribution in [0.1, 0.15) is 0 Å². The van der Waals surface area contributed by atoms with E-state index in [9.17, 15) is 0 Å². The fourth-order valence-electron chi connectivity index (χ4n) is 10.3. The van der Waals surface area contributed by atoms with Crippen molar-refractivity contribution in [2.45, 2.75) is 0 Å². The van der Waals surface area contributed by atoms with E-state index in [2.05, 4.69) is 212 Å². The first-order valence-electron chi connectivity index (χ1n) is 21.1. The Hall–Kier alpha value is -8.00. The minimum Gasteiger partial charge on any atom is -0.456 e. The van der Waals surface area contributed by atoms with Crippen molar-refractivity contribution < 1.29 is 4.42 Å². The maximum Gasteiger partial charge on any atom is 0.135 e. The van der Waals surface area contributed by atoms with Gasteiger partial charge in [0, 0.05) is 10.8 Å². The number of hydrogen-bond acceptors (Lipinski definition) is 1. The van der Waals surface area contributed by atoms with Crippen LogP contribution in [0, 0.1) is 0 Å². The molecular formula is C60H36O. The zero-order valence-corrected chi connectivity index (χ0v) is 33.2. The SMILES string of the molecule is c1ccc(-c2cccc(-c3c4ccccc4c(-c4c(-c5ccc6oc7ccccc7c6c5)cccc4-c4ccc5ccc6cccc7ccc4c5c67)c4ccccc34)c2)cc1. The number of furan rings is 1. The number of rotatable bonds is 5. The van der Waals surface area contributed by atoms with Crippen molar-refractivity contribution in [3.05, 3.63) is 218 Å². The normalized spacial score (nSPS) is 11.9. The van der Waals surface area contributed by atoms with Crippen molar-refractivity contribution in [2.24, 2.45) is 0 Å². The van der Waals surface area contributed by atoms with Crippen LogP contribution in [0.15, 0.2) is 223 Å². The zero-order valence-electron chi connectivity index (χ0n) is 33.2. The molecule has 0 aliphatic heterocycles. The Morgan fingerprint density at radius 2 is 0.787 bits per heavy atom. The molecule has 0 saturated heterocycles. The fourth-order valence-corrected chi connectivity index (χ4v) is 10.3. The summed E-state index contributed by atoms with van der Waals surface area (Å²) in [5, 5.41) is 14.9. The van der Waals surface area contributed by atoms with E-state index in [4.69, 9.17) is 4.42 Å². The molecule has 1 heteroatoms. The molecule has 0 aliphatic rings. The second-order valence-corrected chi connectivity index (χ2v) is 16.3. The first-order chi connectivity index (χ1) is 30.3. The molecule has 13 aromatic rings. The molecule has 0 radical (unpaired) electrons. The molecule has 12 aromatic carbocycles. The highest BCUT2D eigenvalue weighted by Crippen LogP contribution is 2.51. The van der Waals surface area contributed by atoms with Crippen LogP contribution in [-0.4, -0.2) is 0 Å². The number of benzene rings is 12. The van der Waals surface area contributed by atoms with Crippen molar-refractivity contribution in [1.82, 2.24) is 0 Å². The standard InChI is InChI=1S/C60H36O/c1-2-13-37(14-3-1)41-17-11-18-43(35-41)57-48-20-4-6-22-50(48)60(51-23-7-5-21-49(51)57)59-44(42-31-34-55-53(36-42)46-19-8-9-26-54(46)61-55)24-12-25-47(59)45-32-29-40-28-27-38-15-10-16-39-30-33-52(45)58(40)56(38)39/h1-36H. The molecule has 0 aliphatic carbocycles. The molecule has 0 N–H and O–H groups in total. The summed E-state index contributed by atoms with van der Waals surface area (Å²) >= 11 is 0. The van der Waals surface area contributed by atoms with Crippen molar-refractivity contribution in [2.75, 3.05) is 0 Å². The molecule has 61 heavy (non-hydrogen) atoms. The molecule has 0 atom stereocenters. The summed E-state index contributed by atoms with van der Waals surface area (Å²) < 4.78 is 6.36. The lowest BCUT2D eigenvalue weighted by atomic mass is 9.79. The first-order valence-corrected chi connectivity index (χ1v) is 21.1. The predicted molar refractivity (Wildman–Crippen MR) is 260 cm³/mol. The molecule has 0 amide bonds. The molecular weight excluding hydrogens is 737 g/mol. The van der Waals surface area contributed by atoms with Gasteiger partial charge in [-0.25, -0.2) is 0 Å². The van der Waals surface area contributed by atoms with Crippen molar-refractivity contribution in [3.8, 4) is 55.6 Å². The van der Waals surface area contributed by atoms with E-state index in [-0.39, 0.29) is 0 Å². The fraction of sp³-hybridized carbons (Fsp3) is 0. The van der Waals surface area contributed by atoms with E-state index >= 15 is 0 Å². The minimum atomic E-state index is 0.896. The Bertz CT molecular complexity index is 3800. The van der Waals surface area contributed by atoms with Crippen LogP contribution in [0.25, 0.3) is 131 Å². The Kier molecular flexibility index (Phi) is 7.37. The van der Waals surface area contributed by atoms with Gasteiger partial charge in [0.25, 0.3) is 0 Å². The molecule has 0 unspecified atom stereocenters. The molecule has 1 heterocycles. The summed E-state index contributed by atoms with van der Waals surface area (Å²) in [4.78, 5) is 0. The van der Waals surface area contributed by atoms with Crippen molar-refractivity contribution in [3.63, 3.8) is 0 Å². The monoisotopic (exact) mass is 772 g/mol. The summed E-state index contributed by atoms with van der Waals surface area (Å²) in [6.07, 6.45) is 0. The number of para-hydroxylation sites is 1. The van der Waals surface area contributed by atoms with E-state index in [1.54, 1.807) is 0 Å². The smallest absolute Gasteiger partial charge is 0.135 e. The lowest BCUT2D eigenvalue weighted by Gasteiger charge is -2.23. The number of hydrogen-bond donors (Lipinski definition) is 0. The van der Waals surface area contributed by atoms with E-state index in [0.29, 0.717) is 0 Å². The summed E-state index contributed by atoms with van der Waals surface area (Å²) in [7, 11) is 0. The predicted octanol–water partition coefficient (Wildman–Crippen LogP) is 17.1. The highest BCUT2D eigenvalue weighted by molar-refractivity contribution is 6.28. The molecule has 1 nitrogen and oxygen atoms in total. The lowest BCUT2D eigenvalue weighted by Crippen LogP contribution is -1.96. The second-order valence-electron chi connectivity index (χ2n) is 16.3. The molecule has 0 fully saturated rings. The van der Waals surface area contributed by atoms with Crippen molar-refractivity contribution >= 4 is 75.8 Å². The van der Waals surface area contributed by atoms with Crippen LogP contribution in [0.3, 0.4) is 0 Å². The molecule has 0 saturated carbocycles. The Morgan fingerprint density at radius 3 is 1.56 bits per heavy atom. The Morgan fingerprint density at radius 1 is 0.230 bits per heavy atom. The van der Waals surface area contributed by atoms with Gasteiger partial charge in [-0.2, -0.15) is 0 Å². The van der Waals surface area contributed by atoms with Crippen LogP contribution in [0.2, 0.25) is 0 Å². The first kappa shape index (κ1) is 33.9. The topological polar surface area (TPSA) is 13.1 Å². The third kappa shape index (κ3) is 5.14. The van der Waals surface area contributed by atoms with Gasteiger partial charge in [0.2, 0.25) is 0 Å². The van der Waals surface area contributed by atoms with Crippen LogP contribution < -0.4 is 0 Å². The van der Waals surface area contributed by atoms with Crippen LogP contribution in [0.5, 0.6) is 0 Å². The third-order valence-corrected chi connectivity index (χ3v) is 13.0. The average Bonchev–Trinajstić information content (AvgIpc) is 3.71. The summed E-state index contributed by atoms with van der Waals surface area (Å²) in [5.41, 5.74) is 13.9. The van der Waals surface area contributed by atoms with Gasteiger partial charge in [-0.15, -0.1) is 0 Å². The van der Waals surface area contributed by atoms with Gasteiger partial charge in [0.1, 0.15) is 11.2 Å². The third-order valence-electron chi connectivity index (χ3n) is 13.0. The molecule has 13 rings (SSSR count). The van der Waals surface area contributed by atoms with Gasteiger partial charge < -0.3 is 4.42 Å². The average molecular weight is 773 g/mol. The van der Waals surface area contributed by atoms with Gasteiger partial charge in [-0.05, 0) is 134 Å². The second kappa shape index (κ2) is 13.3. The zero-order chi connectivity index (χ0) is 40.0. The van der Waals surface area contributed by atoms with E-state index in [1.165, 1.54) is 104 Å². The largest absolute Gasteiger partial charge is 0.456 e. The molecule has 0 bridgehead atoms.